The topological polar surface area (TPSA) is 75.7 Å². The first kappa shape index (κ1) is 18.0. The van der Waals surface area contributed by atoms with Gasteiger partial charge >= 0.3 is 5.97 Å². The summed E-state index contributed by atoms with van der Waals surface area (Å²) in [5.74, 6) is -0.588. The molecule has 0 unspecified atom stereocenters. The van der Waals surface area contributed by atoms with E-state index in [4.69, 9.17) is 4.74 Å². The number of hydrogen-bond acceptors (Lipinski definition) is 5. The van der Waals surface area contributed by atoms with Crippen LogP contribution in [0, 0.1) is 0 Å². The molecule has 0 bridgehead atoms. The van der Waals surface area contributed by atoms with Crippen LogP contribution in [0.5, 0.6) is 0 Å². The van der Waals surface area contributed by atoms with Gasteiger partial charge in [0, 0.05) is 43.2 Å². The van der Waals surface area contributed by atoms with Crippen LogP contribution in [0.25, 0.3) is 10.8 Å². The molecule has 0 saturated heterocycles. The molecule has 6 nitrogen and oxygen atoms in total. The van der Waals surface area contributed by atoms with E-state index >= 15 is 0 Å². The van der Waals surface area contributed by atoms with Gasteiger partial charge in [-0.05, 0) is 12.1 Å². The van der Waals surface area contributed by atoms with Gasteiger partial charge in [-0.3, -0.25) is 0 Å². The van der Waals surface area contributed by atoms with Crippen LogP contribution in [0.15, 0.2) is 53.9 Å². The Labute approximate surface area is 141 Å². The van der Waals surface area contributed by atoms with E-state index in [2.05, 4.69) is 11.3 Å². The Kier molecular flexibility index (Phi) is 5.58. The molecule has 0 aliphatic rings. The zero-order valence-electron chi connectivity index (χ0n) is 13.7. The molecule has 0 aromatic heterocycles. The molecule has 0 radical (unpaired) electrons. The highest BCUT2D eigenvalue weighted by Gasteiger charge is 2.18. The molecule has 0 aliphatic heterocycles. The predicted molar refractivity (Wildman–Crippen MR) is 94.6 cm³/mol. The summed E-state index contributed by atoms with van der Waals surface area (Å²) < 4.78 is 32.3. The summed E-state index contributed by atoms with van der Waals surface area (Å²) in [6.45, 7) is 3.21. The summed E-state index contributed by atoms with van der Waals surface area (Å²) in [6, 6.07) is 10.7. The lowest BCUT2D eigenvalue weighted by Crippen LogP contribution is -2.28. The SMILES string of the molecule is C=CC(=O)OCCNS(=O)(=O)c1cccc2c(N(C)C)cccc12. The molecule has 2 rings (SSSR count). The van der Waals surface area contributed by atoms with Gasteiger partial charge in [0.25, 0.3) is 0 Å². The standard InChI is InChI=1S/C17H20N2O4S/c1-4-17(20)23-12-11-18-24(21,22)16-10-6-7-13-14(16)8-5-9-15(13)19(2)3/h4-10,18H,1,11-12H2,2-3H3. The quantitative estimate of drug-likeness (QED) is 0.470. The number of nitrogens with zero attached hydrogens (tertiary/aromatic N) is 1. The second-order valence-corrected chi connectivity index (χ2v) is 7.03. The molecule has 0 amide bonds. The second-order valence-electron chi connectivity index (χ2n) is 5.29. The zero-order valence-corrected chi connectivity index (χ0v) is 14.5. The average Bonchev–Trinajstić information content (AvgIpc) is 2.57. The van der Waals surface area contributed by atoms with Crippen molar-refractivity contribution >= 4 is 32.5 Å². The summed E-state index contributed by atoms with van der Waals surface area (Å²) in [4.78, 5) is 13.1. The lowest BCUT2D eigenvalue weighted by atomic mass is 10.1. The summed E-state index contributed by atoms with van der Waals surface area (Å²) in [5, 5.41) is 1.49. The molecular weight excluding hydrogens is 328 g/mol. The lowest BCUT2D eigenvalue weighted by Gasteiger charge is -2.17. The van der Waals surface area contributed by atoms with Gasteiger partial charge in [0.1, 0.15) is 6.61 Å². The van der Waals surface area contributed by atoms with E-state index in [1.54, 1.807) is 18.2 Å². The Morgan fingerprint density at radius 2 is 1.88 bits per heavy atom. The van der Waals surface area contributed by atoms with Crippen molar-refractivity contribution in [3.63, 3.8) is 0 Å². The van der Waals surface area contributed by atoms with Crippen LogP contribution in [0.2, 0.25) is 0 Å². The molecule has 2 aromatic rings. The number of anilines is 1. The van der Waals surface area contributed by atoms with Gasteiger partial charge < -0.3 is 9.64 Å². The monoisotopic (exact) mass is 348 g/mol. The fraction of sp³-hybridized carbons (Fsp3) is 0.235. The van der Waals surface area contributed by atoms with Crippen LogP contribution in [0.4, 0.5) is 5.69 Å². The minimum atomic E-state index is -3.72. The highest BCUT2D eigenvalue weighted by molar-refractivity contribution is 7.89. The van der Waals surface area contributed by atoms with Crippen LogP contribution >= 0.6 is 0 Å². The van der Waals surface area contributed by atoms with Gasteiger partial charge in [0.2, 0.25) is 10.0 Å². The number of sulfonamides is 1. The van der Waals surface area contributed by atoms with E-state index in [9.17, 15) is 13.2 Å². The van der Waals surface area contributed by atoms with Gasteiger partial charge in [0.15, 0.2) is 0 Å². The molecule has 1 N–H and O–H groups in total. The Hall–Kier alpha value is -2.38. The second kappa shape index (κ2) is 7.46. The van der Waals surface area contributed by atoms with Gasteiger partial charge in [0.05, 0.1) is 4.90 Å². The van der Waals surface area contributed by atoms with E-state index in [1.165, 1.54) is 0 Å². The molecule has 2 aromatic carbocycles. The number of hydrogen-bond donors (Lipinski definition) is 1. The molecular formula is C17H20N2O4S. The molecule has 24 heavy (non-hydrogen) atoms. The maximum absolute atomic E-state index is 12.6. The van der Waals surface area contributed by atoms with Gasteiger partial charge in [-0.1, -0.05) is 30.8 Å². The number of benzene rings is 2. The van der Waals surface area contributed by atoms with Crippen LogP contribution in [0.1, 0.15) is 0 Å². The molecule has 0 atom stereocenters. The molecule has 0 aliphatic carbocycles. The third-order valence-corrected chi connectivity index (χ3v) is 4.95. The highest BCUT2D eigenvalue weighted by Crippen LogP contribution is 2.29. The maximum Gasteiger partial charge on any atom is 0.330 e. The van der Waals surface area contributed by atoms with Gasteiger partial charge in [-0.25, -0.2) is 17.9 Å². The Balaban J connectivity index is 2.29. The zero-order chi connectivity index (χ0) is 17.7. The first-order valence-electron chi connectivity index (χ1n) is 7.35. The highest BCUT2D eigenvalue weighted by atomic mass is 32.2. The molecule has 0 saturated carbocycles. The fourth-order valence-corrected chi connectivity index (χ4v) is 3.59. The van der Waals surface area contributed by atoms with Gasteiger partial charge in [-0.2, -0.15) is 0 Å². The molecule has 128 valence electrons. The third kappa shape index (κ3) is 3.93. The van der Waals surface area contributed by atoms with E-state index < -0.39 is 16.0 Å². The normalized spacial score (nSPS) is 11.2. The fourth-order valence-electron chi connectivity index (χ4n) is 2.35. The number of carbonyl (C=O) groups excluding carboxylic acids is 1. The smallest absolute Gasteiger partial charge is 0.330 e. The van der Waals surface area contributed by atoms with Crippen LogP contribution in [-0.2, 0) is 19.6 Å². The number of ether oxygens (including phenoxy) is 1. The number of esters is 1. The third-order valence-electron chi connectivity index (χ3n) is 3.44. The number of rotatable bonds is 7. The van der Waals surface area contributed by atoms with Crippen molar-refractivity contribution in [2.45, 2.75) is 4.90 Å². The first-order valence-corrected chi connectivity index (χ1v) is 8.83. The van der Waals surface area contributed by atoms with E-state index in [0.29, 0.717) is 5.39 Å². The van der Waals surface area contributed by atoms with Crippen molar-refractivity contribution in [3.8, 4) is 0 Å². The lowest BCUT2D eigenvalue weighted by molar-refractivity contribution is -0.137. The molecule has 0 spiro atoms. The Morgan fingerprint density at radius 1 is 1.21 bits per heavy atom. The van der Waals surface area contributed by atoms with E-state index in [0.717, 1.165) is 17.1 Å². The van der Waals surface area contributed by atoms with E-state index in [1.807, 2.05) is 37.2 Å². The van der Waals surface area contributed by atoms with Crippen molar-refractivity contribution in [2.75, 3.05) is 32.1 Å². The first-order chi connectivity index (χ1) is 11.4. The predicted octanol–water partition coefficient (Wildman–Crippen LogP) is 1.91. The van der Waals surface area contributed by atoms with Gasteiger partial charge in [-0.15, -0.1) is 0 Å². The summed E-state index contributed by atoms with van der Waals surface area (Å²) in [7, 11) is 0.0902. The van der Waals surface area contributed by atoms with Crippen LogP contribution in [0.3, 0.4) is 0 Å². The molecule has 0 fully saturated rings. The number of fused-ring (bicyclic) bond motifs is 1. The number of nitrogens with one attached hydrogen (secondary N) is 1. The summed E-state index contributed by atoms with van der Waals surface area (Å²) in [6.07, 6.45) is 1.03. The minimum Gasteiger partial charge on any atom is -0.461 e. The van der Waals surface area contributed by atoms with Crippen LogP contribution in [-0.4, -0.2) is 41.6 Å². The average molecular weight is 348 g/mol. The van der Waals surface area contributed by atoms with Crippen LogP contribution < -0.4 is 9.62 Å². The Bertz CT molecular complexity index is 860. The molecule has 7 heteroatoms. The summed E-state index contributed by atoms with van der Waals surface area (Å²) >= 11 is 0. The van der Waals surface area contributed by atoms with Crippen molar-refractivity contribution in [2.24, 2.45) is 0 Å². The van der Waals surface area contributed by atoms with E-state index in [-0.39, 0.29) is 18.0 Å². The van der Waals surface area contributed by atoms with Crippen molar-refractivity contribution in [1.29, 1.82) is 0 Å². The largest absolute Gasteiger partial charge is 0.461 e. The molecule has 0 heterocycles. The van der Waals surface area contributed by atoms with Crippen molar-refractivity contribution in [1.82, 2.24) is 4.72 Å². The maximum atomic E-state index is 12.6. The minimum absolute atomic E-state index is 0.00826. The number of carbonyl (C=O) groups is 1. The van der Waals surface area contributed by atoms with Crippen molar-refractivity contribution in [3.05, 3.63) is 49.1 Å². The van der Waals surface area contributed by atoms with Crippen molar-refractivity contribution < 1.29 is 17.9 Å². The summed E-state index contributed by atoms with van der Waals surface area (Å²) in [5.41, 5.74) is 0.935. The Morgan fingerprint density at radius 3 is 2.54 bits per heavy atom.